The molecule has 24 heavy (non-hydrogen) atoms. The second kappa shape index (κ2) is 9.25. The summed E-state index contributed by atoms with van der Waals surface area (Å²) in [4.78, 5) is 0. The minimum absolute atomic E-state index is 0.175. The molecule has 0 amide bonds. The number of halogens is 2. The van der Waals surface area contributed by atoms with Crippen LogP contribution in [0.1, 0.15) is 49.7 Å². The van der Waals surface area contributed by atoms with E-state index in [1.807, 2.05) is 0 Å². The maximum absolute atomic E-state index is 13.8. The Balaban J connectivity index is 1.62. The Hall–Kier alpha value is -0.530. The smallest absolute Gasteiger partial charge is 0.158 e. The molecule has 1 aromatic rings. The third-order valence-corrected chi connectivity index (χ3v) is 5.07. The van der Waals surface area contributed by atoms with Crippen molar-refractivity contribution < 1.29 is 23.3 Å². The lowest BCUT2D eigenvalue weighted by molar-refractivity contribution is -0.173. The molecule has 134 valence electrons. The highest BCUT2D eigenvalue weighted by Gasteiger charge is 2.19. The van der Waals surface area contributed by atoms with Crippen LogP contribution in [0.15, 0.2) is 16.6 Å². The van der Waals surface area contributed by atoms with E-state index in [4.69, 9.17) is 18.9 Å². The van der Waals surface area contributed by atoms with Crippen LogP contribution in [0.4, 0.5) is 4.39 Å². The summed E-state index contributed by atoms with van der Waals surface area (Å²) in [5.74, 6) is -0.289. The van der Waals surface area contributed by atoms with Gasteiger partial charge in [-0.25, -0.2) is 4.39 Å². The van der Waals surface area contributed by atoms with Gasteiger partial charge in [0.05, 0.1) is 13.2 Å². The molecule has 0 spiro atoms. The first kappa shape index (κ1) is 18.3. The molecule has 1 aromatic carbocycles. The quantitative estimate of drug-likeness (QED) is 0.692. The van der Waals surface area contributed by atoms with Gasteiger partial charge >= 0.3 is 0 Å². The second-order valence-corrected chi connectivity index (χ2v) is 7.09. The Labute approximate surface area is 150 Å². The summed E-state index contributed by atoms with van der Waals surface area (Å²) in [5, 5.41) is 0. The van der Waals surface area contributed by atoms with Crippen LogP contribution in [0.2, 0.25) is 0 Å². The van der Waals surface area contributed by atoms with Crippen molar-refractivity contribution in [3.8, 4) is 0 Å². The van der Waals surface area contributed by atoms with Crippen molar-refractivity contribution in [3.05, 3.63) is 33.5 Å². The molecule has 2 fully saturated rings. The number of rotatable bonds is 6. The molecule has 2 saturated heterocycles. The first-order valence-electron chi connectivity index (χ1n) is 8.65. The molecule has 0 N–H and O–H groups in total. The van der Waals surface area contributed by atoms with Gasteiger partial charge in [-0.3, -0.25) is 0 Å². The maximum atomic E-state index is 13.8. The Morgan fingerprint density at radius 1 is 0.958 bits per heavy atom. The third-order valence-electron chi connectivity index (χ3n) is 4.37. The molecule has 2 atom stereocenters. The molecule has 2 heterocycles. The maximum Gasteiger partial charge on any atom is 0.158 e. The predicted octanol–water partition coefficient (Wildman–Crippen LogP) is 4.67. The van der Waals surface area contributed by atoms with Gasteiger partial charge in [-0.05, 0) is 61.8 Å². The molecular formula is C18H24BrFO4. The number of ether oxygens (including phenoxy) is 4. The minimum atomic E-state index is -0.289. The zero-order valence-electron chi connectivity index (χ0n) is 13.8. The molecule has 2 unspecified atom stereocenters. The van der Waals surface area contributed by atoms with Gasteiger partial charge in [0.2, 0.25) is 0 Å². The SMILES string of the molecule is Fc1cc(Br)c(COC2CCCCO2)c(COC2CCCCO2)c1. The molecule has 0 bridgehead atoms. The molecule has 0 radical (unpaired) electrons. The lowest BCUT2D eigenvalue weighted by Crippen LogP contribution is -2.23. The Bertz CT molecular complexity index is 528. The summed E-state index contributed by atoms with van der Waals surface area (Å²) in [6.07, 6.45) is 5.80. The van der Waals surface area contributed by atoms with Crippen molar-refractivity contribution >= 4 is 15.9 Å². The van der Waals surface area contributed by atoms with Crippen molar-refractivity contribution in [1.29, 1.82) is 0 Å². The molecule has 0 saturated carbocycles. The van der Waals surface area contributed by atoms with Crippen molar-refractivity contribution in [3.63, 3.8) is 0 Å². The highest BCUT2D eigenvalue weighted by atomic mass is 79.9. The van der Waals surface area contributed by atoms with Gasteiger partial charge in [-0.2, -0.15) is 0 Å². The van der Waals surface area contributed by atoms with Gasteiger partial charge in [0, 0.05) is 17.7 Å². The largest absolute Gasteiger partial charge is 0.353 e. The fraction of sp³-hybridized carbons (Fsp3) is 0.667. The van der Waals surface area contributed by atoms with E-state index >= 15 is 0 Å². The van der Waals surface area contributed by atoms with E-state index in [0.29, 0.717) is 17.7 Å². The molecule has 0 aliphatic carbocycles. The van der Waals surface area contributed by atoms with Gasteiger partial charge in [0.25, 0.3) is 0 Å². The summed E-state index contributed by atoms with van der Waals surface area (Å²) in [6.45, 7) is 2.15. The van der Waals surface area contributed by atoms with Crippen molar-refractivity contribution in [2.24, 2.45) is 0 Å². The number of benzene rings is 1. The molecular weight excluding hydrogens is 379 g/mol. The van der Waals surface area contributed by atoms with Crippen LogP contribution in [0, 0.1) is 5.82 Å². The van der Waals surface area contributed by atoms with Crippen LogP contribution in [0.3, 0.4) is 0 Å². The van der Waals surface area contributed by atoms with E-state index in [0.717, 1.165) is 62.9 Å². The second-order valence-electron chi connectivity index (χ2n) is 6.24. The third kappa shape index (κ3) is 5.23. The summed E-state index contributed by atoms with van der Waals surface area (Å²) in [7, 11) is 0. The van der Waals surface area contributed by atoms with Crippen LogP contribution < -0.4 is 0 Å². The lowest BCUT2D eigenvalue weighted by Gasteiger charge is -2.25. The molecule has 4 nitrogen and oxygen atoms in total. The van der Waals surface area contributed by atoms with E-state index in [-0.39, 0.29) is 18.4 Å². The van der Waals surface area contributed by atoms with Crippen LogP contribution in [0.25, 0.3) is 0 Å². The molecule has 6 heteroatoms. The zero-order chi connectivity index (χ0) is 16.8. The van der Waals surface area contributed by atoms with Crippen LogP contribution in [-0.4, -0.2) is 25.8 Å². The number of hydrogen-bond donors (Lipinski definition) is 0. The first-order valence-corrected chi connectivity index (χ1v) is 9.45. The number of hydrogen-bond acceptors (Lipinski definition) is 4. The van der Waals surface area contributed by atoms with Gasteiger partial charge < -0.3 is 18.9 Å². The van der Waals surface area contributed by atoms with E-state index in [1.54, 1.807) is 0 Å². The minimum Gasteiger partial charge on any atom is -0.353 e. The van der Waals surface area contributed by atoms with Gasteiger partial charge in [0.15, 0.2) is 12.6 Å². The zero-order valence-corrected chi connectivity index (χ0v) is 15.4. The standard InChI is InChI=1S/C18H24BrFO4/c19-16-10-14(20)9-13(11-23-17-5-1-3-7-21-17)15(16)12-24-18-6-2-4-8-22-18/h9-10,17-18H,1-8,11-12H2. The normalized spacial score (nSPS) is 24.9. The van der Waals surface area contributed by atoms with Crippen molar-refractivity contribution in [2.45, 2.75) is 64.3 Å². The Morgan fingerprint density at radius 3 is 2.17 bits per heavy atom. The molecule has 0 aromatic heterocycles. The fourth-order valence-corrected chi connectivity index (χ4v) is 3.58. The summed E-state index contributed by atoms with van der Waals surface area (Å²) in [5.41, 5.74) is 1.69. The average Bonchev–Trinajstić information content (AvgIpc) is 2.61. The molecule has 3 rings (SSSR count). The van der Waals surface area contributed by atoms with Crippen LogP contribution in [-0.2, 0) is 32.2 Å². The van der Waals surface area contributed by atoms with Crippen molar-refractivity contribution in [1.82, 2.24) is 0 Å². The molecule has 2 aliphatic heterocycles. The van der Waals surface area contributed by atoms with Crippen molar-refractivity contribution in [2.75, 3.05) is 13.2 Å². The summed E-state index contributed by atoms with van der Waals surface area (Å²) < 4.78 is 37.3. The van der Waals surface area contributed by atoms with E-state index in [1.165, 1.54) is 12.1 Å². The Kier molecular flexibility index (Phi) is 7.04. The van der Waals surface area contributed by atoms with E-state index in [2.05, 4.69) is 15.9 Å². The van der Waals surface area contributed by atoms with Crippen LogP contribution in [0.5, 0.6) is 0 Å². The lowest BCUT2D eigenvalue weighted by atomic mass is 10.1. The van der Waals surface area contributed by atoms with Gasteiger partial charge in [0.1, 0.15) is 5.82 Å². The Morgan fingerprint density at radius 2 is 1.58 bits per heavy atom. The van der Waals surface area contributed by atoms with Gasteiger partial charge in [-0.15, -0.1) is 0 Å². The van der Waals surface area contributed by atoms with E-state index < -0.39 is 0 Å². The predicted molar refractivity (Wildman–Crippen MR) is 90.9 cm³/mol. The van der Waals surface area contributed by atoms with E-state index in [9.17, 15) is 4.39 Å². The highest BCUT2D eigenvalue weighted by molar-refractivity contribution is 9.10. The summed E-state index contributed by atoms with van der Waals surface area (Å²) >= 11 is 3.44. The topological polar surface area (TPSA) is 36.9 Å². The summed E-state index contributed by atoms with van der Waals surface area (Å²) in [6, 6.07) is 2.97. The van der Waals surface area contributed by atoms with Gasteiger partial charge in [-0.1, -0.05) is 15.9 Å². The molecule has 2 aliphatic rings. The highest BCUT2D eigenvalue weighted by Crippen LogP contribution is 2.27. The fourth-order valence-electron chi connectivity index (χ4n) is 2.99. The monoisotopic (exact) mass is 402 g/mol. The first-order chi connectivity index (χ1) is 11.7. The average molecular weight is 403 g/mol. The van der Waals surface area contributed by atoms with Crippen LogP contribution >= 0.6 is 15.9 Å².